The van der Waals surface area contributed by atoms with Gasteiger partial charge in [-0.05, 0) is 51.2 Å². The third-order valence-corrected chi connectivity index (χ3v) is 4.78. The van der Waals surface area contributed by atoms with Gasteiger partial charge in [-0.2, -0.15) is 0 Å². The van der Waals surface area contributed by atoms with Gasteiger partial charge in [-0.3, -0.25) is 0 Å². The number of likely N-dealkylation sites (tertiary alicyclic amines) is 1. The summed E-state index contributed by atoms with van der Waals surface area (Å²) in [5, 5.41) is 0. The first-order valence-electron chi connectivity index (χ1n) is 5.30. The van der Waals surface area contributed by atoms with E-state index in [1.807, 2.05) is 0 Å². The average Bonchev–Trinajstić information content (AvgIpc) is 2.16. The average molecular weight is 294 g/mol. The first kappa shape index (κ1) is 10.2. The van der Waals surface area contributed by atoms with Gasteiger partial charge in [-0.25, -0.2) is 3.11 Å². The summed E-state index contributed by atoms with van der Waals surface area (Å²) < 4.78 is 2.45. The molecule has 13 heavy (non-hydrogen) atoms. The fraction of sp³-hybridized carbons (Fsp3) is 1.00. The van der Waals surface area contributed by atoms with Gasteiger partial charge in [0.1, 0.15) is 0 Å². The minimum atomic E-state index is 0.730. The predicted octanol–water partition coefficient (Wildman–Crippen LogP) is 2.14. The summed E-state index contributed by atoms with van der Waals surface area (Å²) >= 11 is 2.46. The molecule has 1 spiro atoms. The normalized spacial score (nSPS) is 30.9. The molecule has 0 unspecified atom stereocenters. The van der Waals surface area contributed by atoms with Crippen LogP contribution in [0.1, 0.15) is 25.7 Å². The molecule has 0 saturated carbocycles. The molecule has 2 aliphatic heterocycles. The lowest BCUT2D eigenvalue weighted by Crippen LogP contribution is -2.43. The van der Waals surface area contributed by atoms with Gasteiger partial charge in [-0.15, -0.1) is 0 Å². The van der Waals surface area contributed by atoms with Crippen LogP contribution in [0.5, 0.6) is 0 Å². The Kier molecular flexibility index (Phi) is 3.15. The number of rotatable bonds is 0. The van der Waals surface area contributed by atoms with E-state index in [1.165, 1.54) is 51.9 Å². The summed E-state index contributed by atoms with van der Waals surface area (Å²) in [4.78, 5) is 2.47. The van der Waals surface area contributed by atoms with E-state index in [2.05, 4.69) is 37.9 Å². The van der Waals surface area contributed by atoms with Gasteiger partial charge in [0.2, 0.25) is 0 Å². The molecule has 3 heteroatoms. The van der Waals surface area contributed by atoms with Gasteiger partial charge >= 0.3 is 0 Å². The Balaban J connectivity index is 1.90. The summed E-state index contributed by atoms with van der Waals surface area (Å²) in [6, 6.07) is 0. The molecular formula is C10H19IN2. The Bertz CT molecular complexity index is 144. The van der Waals surface area contributed by atoms with E-state index in [0.717, 1.165) is 5.41 Å². The number of hydrogen-bond donors (Lipinski definition) is 0. The molecule has 0 aromatic carbocycles. The van der Waals surface area contributed by atoms with E-state index in [4.69, 9.17) is 0 Å². The first-order chi connectivity index (χ1) is 6.20. The zero-order valence-electron chi connectivity index (χ0n) is 8.43. The van der Waals surface area contributed by atoms with E-state index in [0.29, 0.717) is 0 Å². The van der Waals surface area contributed by atoms with Gasteiger partial charge in [0.25, 0.3) is 0 Å². The Morgan fingerprint density at radius 2 is 1.38 bits per heavy atom. The lowest BCUT2D eigenvalue weighted by molar-refractivity contribution is 0.0733. The summed E-state index contributed by atoms with van der Waals surface area (Å²) in [5.74, 6) is 0. The van der Waals surface area contributed by atoms with E-state index >= 15 is 0 Å². The van der Waals surface area contributed by atoms with E-state index < -0.39 is 0 Å². The molecule has 2 fully saturated rings. The molecule has 0 aromatic rings. The summed E-state index contributed by atoms with van der Waals surface area (Å²) in [6.07, 6.45) is 5.75. The smallest absolute Gasteiger partial charge is 0.0201 e. The van der Waals surface area contributed by atoms with Crippen LogP contribution in [0.3, 0.4) is 0 Å². The molecule has 0 aromatic heterocycles. The highest BCUT2D eigenvalue weighted by Gasteiger charge is 2.36. The molecule has 76 valence electrons. The van der Waals surface area contributed by atoms with Crippen LogP contribution in [0, 0.1) is 5.41 Å². The molecule has 0 aliphatic carbocycles. The van der Waals surface area contributed by atoms with E-state index in [-0.39, 0.29) is 0 Å². The molecular weight excluding hydrogens is 275 g/mol. The van der Waals surface area contributed by atoms with Crippen molar-refractivity contribution in [1.82, 2.24) is 8.01 Å². The zero-order valence-corrected chi connectivity index (χ0v) is 10.6. The third-order valence-electron chi connectivity index (χ3n) is 3.82. The quantitative estimate of drug-likeness (QED) is 0.499. The molecule has 0 amide bonds. The van der Waals surface area contributed by atoms with Crippen molar-refractivity contribution in [1.29, 1.82) is 0 Å². The highest BCUT2D eigenvalue weighted by atomic mass is 127. The second-order valence-corrected chi connectivity index (χ2v) is 6.08. The molecule has 0 radical (unpaired) electrons. The summed E-state index contributed by atoms with van der Waals surface area (Å²) in [7, 11) is 2.25. The molecule has 0 atom stereocenters. The van der Waals surface area contributed by atoms with Crippen LogP contribution in [0.2, 0.25) is 0 Å². The van der Waals surface area contributed by atoms with Crippen LogP contribution < -0.4 is 0 Å². The van der Waals surface area contributed by atoms with Crippen molar-refractivity contribution in [3.8, 4) is 0 Å². The molecule has 0 N–H and O–H groups in total. The van der Waals surface area contributed by atoms with Crippen molar-refractivity contribution >= 4 is 22.9 Å². The highest BCUT2D eigenvalue weighted by molar-refractivity contribution is 14.1. The van der Waals surface area contributed by atoms with Gasteiger partial charge in [0.15, 0.2) is 0 Å². The molecule has 2 heterocycles. The van der Waals surface area contributed by atoms with Crippen molar-refractivity contribution in [2.45, 2.75) is 25.7 Å². The standard InChI is InChI=1S/C10H19IN2/c1-12-6-2-10(3-7-12)4-8-13(11)9-5-10/h2-9H2,1H3. The minimum absolute atomic E-state index is 0.730. The third kappa shape index (κ3) is 2.36. The van der Waals surface area contributed by atoms with E-state index in [1.54, 1.807) is 0 Å². The molecule has 0 bridgehead atoms. The molecule has 2 nitrogen and oxygen atoms in total. The monoisotopic (exact) mass is 294 g/mol. The van der Waals surface area contributed by atoms with E-state index in [9.17, 15) is 0 Å². The van der Waals surface area contributed by atoms with Crippen molar-refractivity contribution < 1.29 is 0 Å². The SMILES string of the molecule is CN1CCC2(CC1)CCN(I)CC2. The Hall–Kier alpha value is 0.650. The fourth-order valence-corrected chi connectivity index (χ4v) is 3.03. The van der Waals surface area contributed by atoms with Crippen LogP contribution in [0.25, 0.3) is 0 Å². The molecule has 2 rings (SSSR count). The van der Waals surface area contributed by atoms with Crippen molar-refractivity contribution in [2.75, 3.05) is 33.2 Å². The Labute approximate surface area is 95.2 Å². The minimum Gasteiger partial charge on any atom is -0.306 e. The van der Waals surface area contributed by atoms with Gasteiger partial charge < -0.3 is 4.90 Å². The topological polar surface area (TPSA) is 6.48 Å². The van der Waals surface area contributed by atoms with Crippen LogP contribution >= 0.6 is 22.9 Å². The van der Waals surface area contributed by atoms with Gasteiger partial charge in [0.05, 0.1) is 0 Å². The number of piperidine rings is 2. The van der Waals surface area contributed by atoms with Crippen LogP contribution in [-0.2, 0) is 0 Å². The zero-order chi connectivity index (χ0) is 9.31. The number of nitrogens with zero attached hydrogens (tertiary/aromatic N) is 2. The molecule has 2 aliphatic rings. The maximum atomic E-state index is 2.47. The van der Waals surface area contributed by atoms with Crippen molar-refractivity contribution in [2.24, 2.45) is 5.41 Å². The first-order valence-corrected chi connectivity index (χ1v) is 6.26. The van der Waals surface area contributed by atoms with Crippen LogP contribution in [-0.4, -0.2) is 41.2 Å². The maximum Gasteiger partial charge on any atom is 0.0201 e. The Morgan fingerprint density at radius 3 is 1.92 bits per heavy atom. The van der Waals surface area contributed by atoms with Crippen LogP contribution in [0.4, 0.5) is 0 Å². The number of hydrogen-bond acceptors (Lipinski definition) is 2. The largest absolute Gasteiger partial charge is 0.306 e. The van der Waals surface area contributed by atoms with Gasteiger partial charge in [0, 0.05) is 36.0 Å². The molecule has 2 saturated heterocycles. The van der Waals surface area contributed by atoms with Crippen molar-refractivity contribution in [3.63, 3.8) is 0 Å². The predicted molar refractivity (Wildman–Crippen MR) is 64.0 cm³/mol. The van der Waals surface area contributed by atoms with Gasteiger partial charge in [-0.1, -0.05) is 0 Å². The van der Waals surface area contributed by atoms with Crippen molar-refractivity contribution in [3.05, 3.63) is 0 Å². The second-order valence-electron chi connectivity index (χ2n) is 4.71. The lowest BCUT2D eigenvalue weighted by atomic mass is 9.72. The van der Waals surface area contributed by atoms with Crippen LogP contribution in [0.15, 0.2) is 0 Å². The second kappa shape index (κ2) is 4.03. The lowest BCUT2D eigenvalue weighted by Gasteiger charge is -2.45. The summed E-state index contributed by atoms with van der Waals surface area (Å²) in [6.45, 7) is 5.26. The Morgan fingerprint density at radius 1 is 0.923 bits per heavy atom. The highest BCUT2D eigenvalue weighted by Crippen LogP contribution is 2.41. The fourth-order valence-electron chi connectivity index (χ4n) is 2.55. The summed E-state index contributed by atoms with van der Waals surface area (Å²) in [5.41, 5.74) is 0.730. The maximum absolute atomic E-state index is 2.47. The number of halogens is 1.